The zero-order valence-corrected chi connectivity index (χ0v) is 11.0. The molecule has 0 bridgehead atoms. The predicted molar refractivity (Wildman–Crippen MR) is 75.3 cm³/mol. The average Bonchev–Trinajstić information content (AvgIpc) is 2.32. The van der Waals surface area contributed by atoms with E-state index in [1.165, 1.54) is 18.2 Å². The van der Waals surface area contributed by atoms with E-state index < -0.39 is 5.82 Å². The first-order valence-electron chi connectivity index (χ1n) is 5.69. The minimum absolute atomic E-state index is 0.138. The number of rotatable bonds is 4. The molecule has 0 unspecified atom stereocenters. The lowest BCUT2D eigenvalue weighted by Gasteiger charge is -2.10. The van der Waals surface area contributed by atoms with E-state index in [1.807, 2.05) is 6.92 Å². The molecule has 7 heteroatoms. The first-order chi connectivity index (χ1) is 9.08. The summed E-state index contributed by atoms with van der Waals surface area (Å²) in [6, 6.07) is 5.76. The SMILES string of the molecule is CCNc1cc(Nc2ccc(F)cc2Cl)nc(N)n1. The molecule has 0 fully saturated rings. The minimum atomic E-state index is -0.397. The molecule has 5 nitrogen and oxygen atoms in total. The maximum absolute atomic E-state index is 12.9. The molecular formula is C12H13ClFN5. The molecule has 1 aromatic carbocycles. The Morgan fingerprint density at radius 1 is 1.26 bits per heavy atom. The van der Waals surface area contributed by atoms with Crippen LogP contribution in [0.25, 0.3) is 0 Å². The van der Waals surface area contributed by atoms with E-state index in [9.17, 15) is 4.39 Å². The van der Waals surface area contributed by atoms with Crippen LogP contribution in [0.2, 0.25) is 5.02 Å². The summed E-state index contributed by atoms with van der Waals surface area (Å²) in [5.41, 5.74) is 6.16. The van der Waals surface area contributed by atoms with Crippen LogP contribution in [0.5, 0.6) is 0 Å². The number of anilines is 4. The van der Waals surface area contributed by atoms with Crippen molar-refractivity contribution in [1.82, 2.24) is 9.97 Å². The van der Waals surface area contributed by atoms with Crippen molar-refractivity contribution < 1.29 is 4.39 Å². The molecular weight excluding hydrogens is 269 g/mol. The van der Waals surface area contributed by atoms with Crippen molar-refractivity contribution in [3.05, 3.63) is 35.1 Å². The van der Waals surface area contributed by atoms with Crippen molar-refractivity contribution in [2.75, 3.05) is 22.9 Å². The van der Waals surface area contributed by atoms with Crippen molar-refractivity contribution in [1.29, 1.82) is 0 Å². The van der Waals surface area contributed by atoms with Crippen LogP contribution < -0.4 is 16.4 Å². The van der Waals surface area contributed by atoms with E-state index in [0.717, 1.165) is 0 Å². The normalized spacial score (nSPS) is 10.3. The van der Waals surface area contributed by atoms with Crippen LogP contribution in [-0.4, -0.2) is 16.5 Å². The summed E-state index contributed by atoms with van der Waals surface area (Å²) < 4.78 is 12.9. The topological polar surface area (TPSA) is 75.9 Å². The van der Waals surface area contributed by atoms with Crippen molar-refractivity contribution in [3.8, 4) is 0 Å². The minimum Gasteiger partial charge on any atom is -0.370 e. The highest BCUT2D eigenvalue weighted by Gasteiger charge is 2.06. The molecule has 0 spiro atoms. The van der Waals surface area contributed by atoms with E-state index in [2.05, 4.69) is 20.6 Å². The van der Waals surface area contributed by atoms with Crippen LogP contribution >= 0.6 is 11.6 Å². The lowest BCUT2D eigenvalue weighted by molar-refractivity contribution is 0.628. The van der Waals surface area contributed by atoms with Gasteiger partial charge in [-0.25, -0.2) is 4.39 Å². The van der Waals surface area contributed by atoms with Gasteiger partial charge in [0, 0.05) is 12.6 Å². The van der Waals surface area contributed by atoms with Gasteiger partial charge in [0.25, 0.3) is 0 Å². The Morgan fingerprint density at radius 2 is 2.00 bits per heavy atom. The molecule has 19 heavy (non-hydrogen) atoms. The Hall–Kier alpha value is -2.08. The first kappa shape index (κ1) is 13.4. The lowest BCUT2D eigenvalue weighted by Crippen LogP contribution is -2.05. The van der Waals surface area contributed by atoms with E-state index >= 15 is 0 Å². The fourth-order valence-electron chi connectivity index (χ4n) is 1.53. The fourth-order valence-corrected chi connectivity index (χ4v) is 1.74. The van der Waals surface area contributed by atoms with Gasteiger partial charge in [-0.3, -0.25) is 0 Å². The summed E-state index contributed by atoms with van der Waals surface area (Å²) in [5, 5.41) is 6.27. The maximum atomic E-state index is 12.9. The summed E-state index contributed by atoms with van der Waals surface area (Å²) in [4.78, 5) is 8.06. The van der Waals surface area contributed by atoms with Gasteiger partial charge in [-0.05, 0) is 25.1 Å². The highest BCUT2D eigenvalue weighted by molar-refractivity contribution is 6.33. The van der Waals surface area contributed by atoms with Crippen LogP contribution in [0, 0.1) is 5.82 Å². The number of halogens is 2. The molecule has 0 radical (unpaired) electrons. The molecule has 0 aliphatic rings. The lowest BCUT2D eigenvalue weighted by atomic mass is 10.3. The van der Waals surface area contributed by atoms with Gasteiger partial charge in [0.2, 0.25) is 5.95 Å². The molecule has 0 amide bonds. The van der Waals surface area contributed by atoms with Crippen LogP contribution in [0.1, 0.15) is 6.92 Å². The van der Waals surface area contributed by atoms with E-state index in [0.29, 0.717) is 23.9 Å². The summed E-state index contributed by atoms with van der Waals surface area (Å²) >= 11 is 5.93. The third-order valence-corrected chi connectivity index (χ3v) is 2.61. The van der Waals surface area contributed by atoms with E-state index in [1.54, 1.807) is 6.07 Å². The van der Waals surface area contributed by atoms with Crippen molar-refractivity contribution in [2.45, 2.75) is 6.92 Å². The van der Waals surface area contributed by atoms with Gasteiger partial charge >= 0.3 is 0 Å². The number of nitrogen functional groups attached to an aromatic ring is 1. The third-order valence-electron chi connectivity index (χ3n) is 2.30. The Morgan fingerprint density at radius 3 is 2.68 bits per heavy atom. The van der Waals surface area contributed by atoms with Gasteiger partial charge < -0.3 is 16.4 Å². The summed E-state index contributed by atoms with van der Waals surface area (Å²) in [6.45, 7) is 2.66. The summed E-state index contributed by atoms with van der Waals surface area (Å²) in [7, 11) is 0. The summed E-state index contributed by atoms with van der Waals surface area (Å²) in [6.07, 6.45) is 0. The second-order valence-electron chi connectivity index (χ2n) is 3.78. The number of hydrogen-bond donors (Lipinski definition) is 3. The second kappa shape index (κ2) is 5.71. The quantitative estimate of drug-likeness (QED) is 0.803. The first-order valence-corrected chi connectivity index (χ1v) is 6.07. The molecule has 2 aromatic rings. The van der Waals surface area contributed by atoms with Gasteiger partial charge in [-0.2, -0.15) is 9.97 Å². The number of benzene rings is 1. The molecule has 2 rings (SSSR count). The molecule has 0 aliphatic carbocycles. The molecule has 0 atom stereocenters. The number of nitrogens with one attached hydrogen (secondary N) is 2. The molecule has 0 saturated heterocycles. The number of nitrogens with two attached hydrogens (primary N) is 1. The van der Waals surface area contributed by atoms with Crippen molar-refractivity contribution >= 4 is 34.9 Å². The monoisotopic (exact) mass is 281 g/mol. The molecule has 0 aliphatic heterocycles. The van der Waals surface area contributed by atoms with Crippen LogP contribution in [-0.2, 0) is 0 Å². The second-order valence-corrected chi connectivity index (χ2v) is 4.18. The van der Waals surface area contributed by atoms with Gasteiger partial charge in [0.05, 0.1) is 10.7 Å². The molecule has 0 saturated carbocycles. The standard InChI is InChI=1S/C12H13ClFN5/c1-2-16-10-6-11(19-12(15)18-10)17-9-4-3-7(14)5-8(9)13/h3-6H,2H2,1H3,(H4,15,16,17,18,19). The molecule has 1 aromatic heterocycles. The molecule has 4 N–H and O–H groups in total. The number of hydrogen-bond acceptors (Lipinski definition) is 5. The Balaban J connectivity index is 2.27. The largest absolute Gasteiger partial charge is 0.370 e. The van der Waals surface area contributed by atoms with Crippen LogP contribution in [0.3, 0.4) is 0 Å². The predicted octanol–water partition coefficient (Wildman–Crippen LogP) is 3.03. The van der Waals surface area contributed by atoms with Gasteiger partial charge in [-0.1, -0.05) is 11.6 Å². The fraction of sp³-hybridized carbons (Fsp3) is 0.167. The average molecular weight is 282 g/mol. The Bertz CT molecular complexity index is 590. The zero-order chi connectivity index (χ0) is 13.8. The highest BCUT2D eigenvalue weighted by atomic mass is 35.5. The van der Waals surface area contributed by atoms with Gasteiger partial charge in [0.1, 0.15) is 17.5 Å². The number of nitrogens with zero attached hydrogens (tertiary/aromatic N) is 2. The third kappa shape index (κ3) is 3.45. The van der Waals surface area contributed by atoms with E-state index in [4.69, 9.17) is 17.3 Å². The van der Waals surface area contributed by atoms with Crippen molar-refractivity contribution in [3.63, 3.8) is 0 Å². The van der Waals surface area contributed by atoms with Crippen LogP contribution in [0.15, 0.2) is 24.3 Å². The summed E-state index contributed by atoms with van der Waals surface area (Å²) in [5.74, 6) is 0.831. The zero-order valence-electron chi connectivity index (χ0n) is 10.2. The Labute approximate surface area is 115 Å². The van der Waals surface area contributed by atoms with Crippen LogP contribution in [0.4, 0.5) is 27.7 Å². The molecule has 1 heterocycles. The number of aromatic nitrogens is 2. The Kier molecular flexibility index (Phi) is 4.01. The molecule has 100 valence electrons. The van der Waals surface area contributed by atoms with Gasteiger partial charge in [0.15, 0.2) is 0 Å². The smallest absolute Gasteiger partial charge is 0.223 e. The van der Waals surface area contributed by atoms with E-state index in [-0.39, 0.29) is 11.0 Å². The van der Waals surface area contributed by atoms with Crippen molar-refractivity contribution in [2.24, 2.45) is 0 Å². The van der Waals surface area contributed by atoms with Gasteiger partial charge in [-0.15, -0.1) is 0 Å². The maximum Gasteiger partial charge on any atom is 0.223 e. The highest BCUT2D eigenvalue weighted by Crippen LogP contribution is 2.26.